The van der Waals surface area contributed by atoms with Gasteiger partial charge in [0.1, 0.15) is 0 Å². The number of rotatable bonds is 6. The van der Waals surface area contributed by atoms with Gasteiger partial charge in [0.25, 0.3) is 0 Å². The molecule has 3 rings (SSSR count). The van der Waals surface area contributed by atoms with Crippen LogP contribution in [-0.4, -0.2) is 30.6 Å². The molecule has 2 aliphatic rings. The molecule has 1 aromatic rings. The van der Waals surface area contributed by atoms with Crippen LogP contribution in [0.3, 0.4) is 0 Å². The maximum Gasteiger partial charge on any atom is 0.416 e. The van der Waals surface area contributed by atoms with Gasteiger partial charge in [-0.1, -0.05) is 32.0 Å². The van der Waals surface area contributed by atoms with Gasteiger partial charge in [0.05, 0.1) is 11.6 Å². The van der Waals surface area contributed by atoms with Crippen molar-refractivity contribution in [3.8, 4) is 0 Å². The van der Waals surface area contributed by atoms with Crippen molar-refractivity contribution in [2.24, 2.45) is 23.5 Å². The molecule has 2 fully saturated rings. The van der Waals surface area contributed by atoms with Crippen molar-refractivity contribution in [3.63, 3.8) is 0 Å². The molecule has 1 unspecified atom stereocenters. The van der Waals surface area contributed by atoms with E-state index in [1.807, 2.05) is 13.8 Å². The SMILES string of the molecule is CC(C)C[C@H](N)C(=O)N[C@H]1CC[C@@H]2C(Cc3cccc(C(F)(F)F)c3)NC[C@H]12. The Morgan fingerprint density at radius 3 is 2.71 bits per heavy atom. The van der Waals surface area contributed by atoms with Crippen molar-refractivity contribution < 1.29 is 18.0 Å². The van der Waals surface area contributed by atoms with E-state index >= 15 is 0 Å². The van der Waals surface area contributed by atoms with Crippen molar-refractivity contribution in [1.82, 2.24) is 10.6 Å². The summed E-state index contributed by atoms with van der Waals surface area (Å²) in [4.78, 5) is 12.4. The zero-order valence-corrected chi connectivity index (χ0v) is 16.4. The second kappa shape index (κ2) is 8.41. The fourth-order valence-corrected chi connectivity index (χ4v) is 4.77. The number of alkyl halides is 3. The molecule has 1 aliphatic heterocycles. The van der Waals surface area contributed by atoms with Crippen molar-refractivity contribution in [1.29, 1.82) is 0 Å². The number of nitrogens with one attached hydrogen (secondary N) is 2. The van der Waals surface area contributed by atoms with Gasteiger partial charge in [-0.15, -0.1) is 0 Å². The van der Waals surface area contributed by atoms with Crippen LogP contribution in [0.25, 0.3) is 0 Å². The first-order valence-corrected chi connectivity index (χ1v) is 10.1. The van der Waals surface area contributed by atoms with Crippen LogP contribution in [0.2, 0.25) is 0 Å². The van der Waals surface area contributed by atoms with Gasteiger partial charge in [0, 0.05) is 18.6 Å². The van der Waals surface area contributed by atoms with Gasteiger partial charge in [-0.25, -0.2) is 0 Å². The Hall–Kier alpha value is -1.60. The summed E-state index contributed by atoms with van der Waals surface area (Å²) in [6.45, 7) is 4.86. The molecule has 4 nitrogen and oxygen atoms in total. The second-order valence-corrected chi connectivity index (χ2v) is 8.67. The first kappa shape index (κ1) is 21.1. The van der Waals surface area contributed by atoms with E-state index in [9.17, 15) is 18.0 Å². The first-order valence-electron chi connectivity index (χ1n) is 10.1. The van der Waals surface area contributed by atoms with Gasteiger partial charge in [-0.3, -0.25) is 4.79 Å². The smallest absolute Gasteiger partial charge is 0.352 e. The highest BCUT2D eigenvalue weighted by molar-refractivity contribution is 5.81. The lowest BCUT2D eigenvalue weighted by Gasteiger charge is -2.23. The molecule has 1 aliphatic carbocycles. The zero-order valence-electron chi connectivity index (χ0n) is 16.4. The quantitative estimate of drug-likeness (QED) is 0.691. The minimum Gasteiger partial charge on any atom is -0.352 e. The van der Waals surface area contributed by atoms with Crippen molar-refractivity contribution in [2.75, 3.05) is 6.54 Å². The number of fused-ring (bicyclic) bond motifs is 1. The molecule has 156 valence electrons. The fraction of sp³-hybridized carbons (Fsp3) is 0.667. The number of benzene rings is 1. The average Bonchev–Trinajstić information content (AvgIpc) is 3.17. The lowest BCUT2D eigenvalue weighted by Crippen LogP contribution is -2.47. The minimum absolute atomic E-state index is 0.0923. The molecular weight excluding hydrogens is 367 g/mol. The molecule has 1 heterocycles. The minimum atomic E-state index is -4.32. The molecule has 28 heavy (non-hydrogen) atoms. The Labute approximate surface area is 164 Å². The summed E-state index contributed by atoms with van der Waals surface area (Å²) in [5.41, 5.74) is 6.08. The highest BCUT2D eigenvalue weighted by atomic mass is 19.4. The van der Waals surface area contributed by atoms with E-state index < -0.39 is 17.8 Å². The Balaban J connectivity index is 1.59. The number of hydrogen-bond donors (Lipinski definition) is 3. The van der Waals surface area contributed by atoms with Crippen LogP contribution in [0.4, 0.5) is 13.2 Å². The lowest BCUT2D eigenvalue weighted by molar-refractivity contribution is -0.137. The van der Waals surface area contributed by atoms with Crippen molar-refractivity contribution >= 4 is 5.91 Å². The molecule has 1 aromatic carbocycles. The lowest BCUT2D eigenvalue weighted by atomic mass is 9.88. The van der Waals surface area contributed by atoms with Gasteiger partial charge in [0.15, 0.2) is 0 Å². The summed E-state index contributed by atoms with van der Waals surface area (Å²) in [6, 6.07) is 5.31. The first-order chi connectivity index (χ1) is 13.1. The molecule has 1 saturated carbocycles. The molecular formula is C21H30F3N3O. The van der Waals surface area contributed by atoms with E-state index in [-0.39, 0.29) is 18.0 Å². The highest BCUT2D eigenvalue weighted by Gasteiger charge is 2.45. The van der Waals surface area contributed by atoms with E-state index in [0.717, 1.165) is 25.5 Å². The number of hydrogen-bond acceptors (Lipinski definition) is 3. The monoisotopic (exact) mass is 397 g/mol. The van der Waals surface area contributed by atoms with Gasteiger partial charge in [0.2, 0.25) is 5.91 Å². The normalized spacial score (nSPS) is 28.4. The number of nitrogens with two attached hydrogens (primary N) is 1. The van der Waals surface area contributed by atoms with Crippen LogP contribution in [0, 0.1) is 17.8 Å². The second-order valence-electron chi connectivity index (χ2n) is 8.67. The van der Waals surface area contributed by atoms with Gasteiger partial charge in [-0.05, 0) is 55.1 Å². The van der Waals surface area contributed by atoms with Crippen LogP contribution in [0.15, 0.2) is 24.3 Å². The summed E-state index contributed by atoms with van der Waals surface area (Å²) in [6.07, 6.45) is -1.23. The molecule has 5 atom stereocenters. The number of amides is 1. The summed E-state index contributed by atoms with van der Waals surface area (Å²) in [5, 5.41) is 6.58. The molecule has 0 spiro atoms. The maximum atomic E-state index is 12.9. The van der Waals surface area contributed by atoms with Gasteiger partial charge in [-0.2, -0.15) is 13.2 Å². The van der Waals surface area contributed by atoms with Crippen LogP contribution in [-0.2, 0) is 17.4 Å². The molecule has 1 amide bonds. The topological polar surface area (TPSA) is 67.2 Å². The van der Waals surface area contributed by atoms with E-state index in [0.29, 0.717) is 36.2 Å². The van der Waals surface area contributed by atoms with E-state index in [1.165, 1.54) is 12.1 Å². The van der Waals surface area contributed by atoms with Crippen LogP contribution in [0.1, 0.15) is 44.2 Å². The highest BCUT2D eigenvalue weighted by Crippen LogP contribution is 2.39. The Morgan fingerprint density at radius 1 is 1.29 bits per heavy atom. The van der Waals surface area contributed by atoms with E-state index in [2.05, 4.69) is 10.6 Å². The third-order valence-corrected chi connectivity index (χ3v) is 6.11. The Kier molecular flexibility index (Phi) is 6.34. The molecule has 4 N–H and O–H groups in total. The number of carbonyl (C=O) groups excluding carboxylic acids is 1. The molecule has 0 aromatic heterocycles. The maximum absolute atomic E-state index is 12.9. The van der Waals surface area contributed by atoms with Crippen LogP contribution < -0.4 is 16.4 Å². The standard InChI is InChI=1S/C21H30F3N3O/c1-12(2)8-17(25)20(28)27-18-7-6-15-16(18)11-26-19(15)10-13-4-3-5-14(9-13)21(22,23)24/h3-5,9,12,15-19,26H,6-8,10-11,25H2,1-2H3,(H,27,28)/t15-,16-,17-,18-,19?/m0/s1. The van der Waals surface area contributed by atoms with Gasteiger partial charge >= 0.3 is 6.18 Å². The largest absolute Gasteiger partial charge is 0.416 e. The Morgan fingerprint density at radius 2 is 2.04 bits per heavy atom. The summed E-state index contributed by atoms with van der Waals surface area (Å²) >= 11 is 0. The summed E-state index contributed by atoms with van der Waals surface area (Å²) < 4.78 is 38.8. The third-order valence-electron chi connectivity index (χ3n) is 6.11. The molecule has 0 bridgehead atoms. The van der Waals surface area contributed by atoms with Gasteiger partial charge < -0.3 is 16.4 Å². The summed E-state index contributed by atoms with van der Waals surface area (Å²) in [7, 11) is 0. The molecule has 1 saturated heterocycles. The predicted octanol–water partition coefficient (Wildman–Crippen LogP) is 3.10. The third kappa shape index (κ3) is 4.87. The van der Waals surface area contributed by atoms with Crippen molar-refractivity contribution in [3.05, 3.63) is 35.4 Å². The van der Waals surface area contributed by atoms with Crippen LogP contribution in [0.5, 0.6) is 0 Å². The fourth-order valence-electron chi connectivity index (χ4n) is 4.77. The van der Waals surface area contributed by atoms with Crippen molar-refractivity contribution in [2.45, 2.75) is 63.8 Å². The number of carbonyl (C=O) groups is 1. The molecule has 0 radical (unpaired) electrons. The van der Waals surface area contributed by atoms with E-state index in [1.54, 1.807) is 6.07 Å². The van der Waals surface area contributed by atoms with Crippen LogP contribution >= 0.6 is 0 Å². The average molecular weight is 397 g/mol. The Bertz CT molecular complexity index is 692. The zero-order chi connectivity index (χ0) is 20.5. The number of halogens is 3. The predicted molar refractivity (Wildman–Crippen MR) is 103 cm³/mol. The van der Waals surface area contributed by atoms with E-state index in [4.69, 9.17) is 5.73 Å². The summed E-state index contributed by atoms with van der Waals surface area (Å²) in [5.74, 6) is 0.940. The molecule has 7 heteroatoms.